The van der Waals surface area contributed by atoms with Crippen molar-refractivity contribution in [2.75, 3.05) is 14.7 Å². The second kappa shape index (κ2) is 17.4. The normalized spacial score (nSPS) is 20.2. The van der Waals surface area contributed by atoms with Gasteiger partial charge in [-0.1, -0.05) is 228 Å². The van der Waals surface area contributed by atoms with Gasteiger partial charge in [0, 0.05) is 50.5 Å². The van der Waals surface area contributed by atoms with E-state index in [0.717, 1.165) is 17.8 Å². The Morgan fingerprint density at radius 3 is 1.51 bits per heavy atom. The highest BCUT2D eigenvalue weighted by atomic mass is 15.3. The Balaban J connectivity index is 1.27. The first kappa shape index (κ1) is 53.4. The summed E-state index contributed by atoms with van der Waals surface area (Å²) in [5.74, 6) is 0. The number of allylic oxidation sites excluding steroid dienone is 1. The van der Waals surface area contributed by atoms with Gasteiger partial charge in [-0.2, -0.15) is 0 Å². The molecule has 3 aliphatic heterocycles. The van der Waals surface area contributed by atoms with Crippen LogP contribution in [0.1, 0.15) is 202 Å². The molecule has 0 N–H and O–H groups in total. The molecule has 0 saturated heterocycles. The van der Waals surface area contributed by atoms with E-state index in [1.807, 2.05) is 0 Å². The molecule has 4 heteroatoms. The van der Waals surface area contributed by atoms with Crippen LogP contribution in [0.5, 0.6) is 0 Å². The number of hydrogen-bond donors (Lipinski definition) is 0. The van der Waals surface area contributed by atoms with Gasteiger partial charge in [-0.3, -0.25) is 0 Å². The molecule has 2 atom stereocenters. The Hall–Kier alpha value is -6.26. The predicted octanol–water partition coefficient (Wildman–Crippen LogP) is 19.4. The first-order valence-corrected chi connectivity index (χ1v) is 29.9. The maximum absolute atomic E-state index is 2.95. The number of nitrogens with zero attached hydrogens (tertiary/aromatic N) is 3. The number of fused-ring (bicyclic) bond motifs is 8. The summed E-state index contributed by atoms with van der Waals surface area (Å²) in [5, 5.41) is 0. The molecule has 3 nitrogen and oxygen atoms in total. The highest BCUT2D eigenvalue weighted by Crippen LogP contribution is 2.65. The van der Waals surface area contributed by atoms with Crippen LogP contribution >= 0.6 is 0 Å². The molecule has 1 saturated carbocycles. The molecule has 0 aromatic heterocycles. The van der Waals surface area contributed by atoms with E-state index in [2.05, 4.69) is 286 Å². The first-order chi connectivity index (χ1) is 36.8. The van der Waals surface area contributed by atoms with Crippen LogP contribution in [0.25, 0.3) is 16.6 Å². The third-order valence-electron chi connectivity index (χ3n) is 19.9. The van der Waals surface area contributed by atoms with E-state index >= 15 is 0 Å². The van der Waals surface area contributed by atoms with Crippen LogP contribution in [-0.2, 0) is 37.9 Å². The fraction of sp³-hybridized carbons (Fsp3) is 0.413. The second-order valence-electron chi connectivity index (χ2n) is 30.7. The van der Waals surface area contributed by atoms with Gasteiger partial charge in [0.25, 0.3) is 6.71 Å². The van der Waals surface area contributed by atoms with E-state index in [-0.39, 0.29) is 50.2 Å². The molecule has 12 rings (SSSR count). The molecule has 2 unspecified atom stereocenters. The highest BCUT2D eigenvalue weighted by molar-refractivity contribution is 7.03. The number of benzene rings is 7. The molecule has 406 valence electrons. The summed E-state index contributed by atoms with van der Waals surface area (Å²) in [5.41, 5.74) is 27.6. The molecule has 3 heterocycles. The van der Waals surface area contributed by atoms with E-state index in [1.165, 1.54) is 120 Å². The Morgan fingerprint density at radius 1 is 0.443 bits per heavy atom. The SMILES string of the molecule is CC(C)(C)c1ccc(N(c2ccc(C(C)(C)C)cc2)c2cc3c4c(c2)N2c5c(cc(C(C)(C)C)cc5C5(C)CCCCC25C)B4C2=C(N3c3ccc(C(C)(C)C)cc3-c3ccccc3)C(C)(C)c3ccc(C(C)(C)C)cc32)cc1. The maximum Gasteiger partial charge on any atom is 0.252 e. The van der Waals surface area contributed by atoms with Crippen molar-refractivity contribution >= 4 is 62.9 Å². The van der Waals surface area contributed by atoms with Crippen LogP contribution in [0.2, 0.25) is 0 Å². The zero-order valence-corrected chi connectivity index (χ0v) is 51.5. The van der Waals surface area contributed by atoms with Gasteiger partial charge in [-0.05, 0) is 162 Å². The van der Waals surface area contributed by atoms with Gasteiger partial charge in [-0.15, -0.1) is 0 Å². The van der Waals surface area contributed by atoms with Gasteiger partial charge in [0.15, 0.2) is 0 Å². The minimum Gasteiger partial charge on any atom is -0.335 e. The summed E-state index contributed by atoms with van der Waals surface area (Å²) in [6.45, 7) is 45.8. The fourth-order valence-electron chi connectivity index (χ4n) is 14.9. The molecule has 0 bridgehead atoms. The highest BCUT2D eigenvalue weighted by Gasteiger charge is 2.63. The van der Waals surface area contributed by atoms with Gasteiger partial charge >= 0.3 is 0 Å². The third-order valence-corrected chi connectivity index (χ3v) is 19.9. The van der Waals surface area contributed by atoms with E-state index in [9.17, 15) is 0 Å². The van der Waals surface area contributed by atoms with Crippen molar-refractivity contribution in [3.8, 4) is 11.1 Å². The van der Waals surface area contributed by atoms with Gasteiger partial charge in [0.1, 0.15) is 0 Å². The summed E-state index contributed by atoms with van der Waals surface area (Å²) >= 11 is 0. The summed E-state index contributed by atoms with van der Waals surface area (Å²) in [6, 6.07) is 55.9. The molecule has 0 radical (unpaired) electrons. The standard InChI is InChI=1S/C75H88BN3/c1-68(2,3)48-27-33-53(34-28-48)77(54-35-29-49(30-36-54)69(4,5)6)55-45-62-65-63(46-55)79-66-59(74(18)39-23-24-40-75(74,79)19)43-52(72(13,14)15)44-60(66)76(65)64-57-42-50(70(7,8)9)31-37-58(57)73(16,17)67(64)78(62)61-38-32-51(71(10,11)12)41-56(61)47-25-21-20-22-26-47/h20-22,25-38,41-46H,23-24,39-40H2,1-19H3. The molecular formula is C75H88BN3. The molecule has 7 aromatic carbocycles. The molecule has 1 fully saturated rings. The minimum atomic E-state index is -0.370. The van der Waals surface area contributed by atoms with E-state index < -0.39 is 0 Å². The summed E-state index contributed by atoms with van der Waals surface area (Å²) < 4.78 is 0. The molecule has 7 aromatic rings. The van der Waals surface area contributed by atoms with Crippen LogP contribution < -0.4 is 25.6 Å². The predicted molar refractivity (Wildman–Crippen MR) is 343 cm³/mol. The van der Waals surface area contributed by atoms with Crippen molar-refractivity contribution in [3.05, 3.63) is 190 Å². The van der Waals surface area contributed by atoms with Crippen LogP contribution in [0.15, 0.2) is 145 Å². The smallest absolute Gasteiger partial charge is 0.252 e. The largest absolute Gasteiger partial charge is 0.335 e. The molecule has 0 spiro atoms. The van der Waals surface area contributed by atoms with E-state index in [4.69, 9.17) is 0 Å². The topological polar surface area (TPSA) is 9.72 Å². The van der Waals surface area contributed by atoms with Crippen LogP contribution in [0.4, 0.5) is 39.8 Å². The van der Waals surface area contributed by atoms with Crippen molar-refractivity contribution in [2.45, 2.75) is 201 Å². The Kier molecular flexibility index (Phi) is 11.7. The average Bonchev–Trinajstić information content (AvgIpc) is 3.43. The van der Waals surface area contributed by atoms with E-state index in [1.54, 1.807) is 5.56 Å². The zero-order valence-electron chi connectivity index (χ0n) is 51.5. The molecule has 0 amide bonds. The summed E-state index contributed by atoms with van der Waals surface area (Å²) in [4.78, 5) is 8.33. The lowest BCUT2D eigenvalue weighted by Crippen LogP contribution is -2.61. The van der Waals surface area contributed by atoms with Crippen molar-refractivity contribution in [1.29, 1.82) is 0 Å². The Labute approximate surface area is 476 Å². The fourth-order valence-corrected chi connectivity index (χ4v) is 14.9. The molecule has 2 aliphatic carbocycles. The van der Waals surface area contributed by atoms with Crippen LogP contribution in [0.3, 0.4) is 0 Å². The minimum absolute atomic E-state index is 0.0136. The lowest BCUT2D eigenvalue weighted by atomic mass is 9.32. The van der Waals surface area contributed by atoms with Gasteiger partial charge in [0.2, 0.25) is 0 Å². The maximum atomic E-state index is 2.95. The van der Waals surface area contributed by atoms with Crippen molar-refractivity contribution < 1.29 is 0 Å². The van der Waals surface area contributed by atoms with Crippen LogP contribution in [-0.4, -0.2) is 12.3 Å². The first-order valence-electron chi connectivity index (χ1n) is 29.9. The van der Waals surface area contributed by atoms with Crippen molar-refractivity contribution in [1.82, 2.24) is 0 Å². The Bertz CT molecular complexity index is 3580. The van der Waals surface area contributed by atoms with Gasteiger partial charge in [-0.25, -0.2) is 0 Å². The number of anilines is 7. The summed E-state index contributed by atoms with van der Waals surface area (Å²) in [6.07, 6.45) is 4.76. The van der Waals surface area contributed by atoms with Gasteiger partial charge in [0.05, 0.1) is 16.9 Å². The molecule has 5 aliphatic rings. The van der Waals surface area contributed by atoms with Crippen molar-refractivity contribution in [2.24, 2.45) is 0 Å². The van der Waals surface area contributed by atoms with E-state index in [0.29, 0.717) is 0 Å². The van der Waals surface area contributed by atoms with Gasteiger partial charge < -0.3 is 14.7 Å². The molecular weight excluding hydrogens is 954 g/mol. The Morgan fingerprint density at radius 2 is 0.949 bits per heavy atom. The van der Waals surface area contributed by atoms with Crippen molar-refractivity contribution in [3.63, 3.8) is 0 Å². The average molecular weight is 1040 g/mol. The lowest BCUT2D eigenvalue weighted by molar-refractivity contribution is 0.195. The molecule has 79 heavy (non-hydrogen) atoms. The number of hydrogen-bond acceptors (Lipinski definition) is 3. The zero-order chi connectivity index (χ0) is 56.5. The quantitative estimate of drug-likeness (QED) is 0.159. The monoisotopic (exact) mass is 1040 g/mol. The second-order valence-corrected chi connectivity index (χ2v) is 30.7. The lowest BCUT2D eigenvalue weighted by Gasteiger charge is -2.53. The summed E-state index contributed by atoms with van der Waals surface area (Å²) in [7, 11) is 0. The third kappa shape index (κ3) is 8.09. The number of rotatable bonds is 5. The van der Waals surface area contributed by atoms with Crippen LogP contribution in [0, 0.1) is 0 Å².